The van der Waals surface area contributed by atoms with Crippen LogP contribution in [0.1, 0.15) is 56.9 Å². The number of aliphatic hydroxyl groups excluding tert-OH is 1. The highest BCUT2D eigenvalue weighted by molar-refractivity contribution is 5.76. The number of carbonyl (C=O) groups is 2. The maximum Gasteiger partial charge on any atom is 0.317 e. The fourth-order valence-electron chi connectivity index (χ4n) is 3.25. The highest BCUT2D eigenvalue weighted by Crippen LogP contribution is 2.14. The molecule has 2 rings (SSSR count). The third-order valence-electron chi connectivity index (χ3n) is 4.83. The van der Waals surface area contributed by atoms with Crippen LogP contribution < -0.4 is 5.32 Å². The lowest BCUT2D eigenvalue weighted by Gasteiger charge is -2.17. The maximum absolute atomic E-state index is 12.0. The Kier molecular flexibility index (Phi) is 8.47. The number of rotatable bonds is 13. The molecule has 0 saturated carbocycles. The number of aliphatic carboxylic acids is 1. The van der Waals surface area contributed by atoms with E-state index >= 15 is 0 Å². The van der Waals surface area contributed by atoms with Gasteiger partial charge in [0.05, 0.1) is 18.6 Å². The van der Waals surface area contributed by atoms with Gasteiger partial charge in [-0.2, -0.15) is 0 Å². The van der Waals surface area contributed by atoms with Crippen LogP contribution in [0.25, 0.3) is 0 Å². The van der Waals surface area contributed by atoms with Crippen LogP contribution in [-0.4, -0.2) is 52.3 Å². The SMILES string of the molecule is O=C(O)CCCCCCC1CN(CCC(O)CCc2ccoc2)C(=O)N1. The van der Waals surface area contributed by atoms with E-state index in [0.717, 1.165) is 44.1 Å². The first kappa shape index (κ1) is 20.3. The highest BCUT2D eigenvalue weighted by Gasteiger charge is 2.28. The Balaban J connectivity index is 1.54. The molecule has 0 aliphatic carbocycles. The van der Waals surface area contributed by atoms with Crippen molar-refractivity contribution in [3.8, 4) is 0 Å². The standard InChI is InChI=1S/C19H30N2O5/c22-17(8-7-15-10-12-26-14-15)9-11-21-13-16(20-19(21)25)5-3-1-2-4-6-18(23)24/h10,12,14,16-17,22H,1-9,11,13H2,(H,20,25)(H,23,24). The molecule has 0 aromatic carbocycles. The van der Waals surface area contributed by atoms with Crippen molar-refractivity contribution in [2.45, 2.75) is 69.9 Å². The van der Waals surface area contributed by atoms with E-state index in [-0.39, 0.29) is 18.5 Å². The minimum atomic E-state index is -0.740. The average Bonchev–Trinajstić information content (AvgIpc) is 3.23. The quantitative estimate of drug-likeness (QED) is 0.466. The number of nitrogens with one attached hydrogen (secondary N) is 1. The van der Waals surface area contributed by atoms with Crippen molar-refractivity contribution >= 4 is 12.0 Å². The van der Waals surface area contributed by atoms with Crippen LogP contribution in [0.15, 0.2) is 23.0 Å². The van der Waals surface area contributed by atoms with Gasteiger partial charge in [-0.1, -0.05) is 19.3 Å². The molecule has 26 heavy (non-hydrogen) atoms. The van der Waals surface area contributed by atoms with Crippen LogP contribution in [-0.2, 0) is 11.2 Å². The summed E-state index contributed by atoms with van der Waals surface area (Å²) in [5, 5.41) is 21.7. The van der Waals surface area contributed by atoms with Crippen molar-refractivity contribution in [3.63, 3.8) is 0 Å². The number of hydrogen-bond donors (Lipinski definition) is 3. The van der Waals surface area contributed by atoms with Gasteiger partial charge in [0.15, 0.2) is 0 Å². The Morgan fingerprint density at radius 2 is 2.12 bits per heavy atom. The number of amides is 2. The van der Waals surface area contributed by atoms with Gasteiger partial charge in [-0.15, -0.1) is 0 Å². The molecule has 1 saturated heterocycles. The highest BCUT2D eigenvalue weighted by atomic mass is 16.4. The second-order valence-corrected chi connectivity index (χ2v) is 7.05. The molecular formula is C19H30N2O5. The summed E-state index contributed by atoms with van der Waals surface area (Å²) in [6.07, 6.45) is 9.67. The zero-order chi connectivity index (χ0) is 18.8. The normalized spacial score (nSPS) is 18.1. The fourth-order valence-corrected chi connectivity index (χ4v) is 3.25. The third kappa shape index (κ3) is 7.47. The molecule has 1 aliphatic rings. The second kappa shape index (κ2) is 10.9. The first-order chi connectivity index (χ1) is 12.5. The van der Waals surface area contributed by atoms with Gasteiger partial charge < -0.3 is 24.8 Å². The summed E-state index contributed by atoms with van der Waals surface area (Å²) in [7, 11) is 0. The van der Waals surface area contributed by atoms with E-state index in [4.69, 9.17) is 9.52 Å². The van der Waals surface area contributed by atoms with Gasteiger partial charge in [-0.25, -0.2) is 4.79 Å². The van der Waals surface area contributed by atoms with E-state index in [1.54, 1.807) is 17.4 Å². The Morgan fingerprint density at radius 3 is 2.85 bits per heavy atom. The number of carbonyl (C=O) groups excluding carboxylic acids is 1. The van der Waals surface area contributed by atoms with Gasteiger partial charge in [-0.3, -0.25) is 4.79 Å². The monoisotopic (exact) mass is 366 g/mol. The summed E-state index contributed by atoms with van der Waals surface area (Å²) in [4.78, 5) is 24.2. The first-order valence-corrected chi connectivity index (χ1v) is 9.51. The van der Waals surface area contributed by atoms with Gasteiger partial charge in [0.2, 0.25) is 0 Å². The van der Waals surface area contributed by atoms with Crippen LogP contribution in [0.4, 0.5) is 4.79 Å². The second-order valence-electron chi connectivity index (χ2n) is 7.05. The van der Waals surface area contributed by atoms with Crippen molar-refractivity contribution in [2.75, 3.05) is 13.1 Å². The number of aryl methyl sites for hydroxylation is 1. The van der Waals surface area contributed by atoms with Crippen molar-refractivity contribution < 1.29 is 24.2 Å². The molecule has 146 valence electrons. The Bertz CT molecular complexity index is 546. The molecule has 2 unspecified atom stereocenters. The van der Waals surface area contributed by atoms with Crippen LogP contribution in [0.3, 0.4) is 0 Å². The minimum absolute atomic E-state index is 0.0529. The third-order valence-corrected chi connectivity index (χ3v) is 4.83. The Labute approximate surface area is 154 Å². The van der Waals surface area contributed by atoms with Crippen LogP contribution in [0.2, 0.25) is 0 Å². The van der Waals surface area contributed by atoms with Gasteiger partial charge in [-0.05, 0) is 43.7 Å². The molecule has 2 atom stereocenters. The predicted molar refractivity (Wildman–Crippen MR) is 96.9 cm³/mol. The number of furan rings is 1. The molecule has 7 heteroatoms. The molecule has 1 aromatic rings. The summed E-state index contributed by atoms with van der Waals surface area (Å²) in [5.41, 5.74) is 1.08. The number of carboxylic acids is 1. The van der Waals surface area contributed by atoms with E-state index in [2.05, 4.69) is 5.32 Å². The summed E-state index contributed by atoms with van der Waals surface area (Å²) in [6, 6.07) is 2.00. The fraction of sp³-hybridized carbons (Fsp3) is 0.684. The molecule has 0 bridgehead atoms. The van der Waals surface area contributed by atoms with Crippen molar-refractivity contribution in [3.05, 3.63) is 24.2 Å². The molecule has 1 fully saturated rings. The molecule has 0 spiro atoms. The minimum Gasteiger partial charge on any atom is -0.481 e. The number of carboxylic acid groups (broad SMARTS) is 1. The van der Waals surface area contributed by atoms with E-state index < -0.39 is 12.1 Å². The zero-order valence-electron chi connectivity index (χ0n) is 15.2. The molecule has 2 heterocycles. The smallest absolute Gasteiger partial charge is 0.317 e. The summed E-state index contributed by atoms with van der Waals surface area (Å²) < 4.78 is 5.01. The summed E-state index contributed by atoms with van der Waals surface area (Å²) >= 11 is 0. The summed E-state index contributed by atoms with van der Waals surface area (Å²) in [5.74, 6) is -0.740. The zero-order valence-corrected chi connectivity index (χ0v) is 15.2. The largest absolute Gasteiger partial charge is 0.481 e. The Hall–Kier alpha value is -2.02. The van der Waals surface area contributed by atoms with Crippen LogP contribution >= 0.6 is 0 Å². The first-order valence-electron chi connectivity index (χ1n) is 9.51. The van der Waals surface area contributed by atoms with Gasteiger partial charge in [0.25, 0.3) is 0 Å². The topological polar surface area (TPSA) is 103 Å². The van der Waals surface area contributed by atoms with E-state index in [1.165, 1.54) is 0 Å². The van der Waals surface area contributed by atoms with E-state index in [0.29, 0.717) is 25.9 Å². The van der Waals surface area contributed by atoms with Crippen LogP contribution in [0.5, 0.6) is 0 Å². The average molecular weight is 366 g/mol. The lowest BCUT2D eigenvalue weighted by atomic mass is 10.1. The number of urea groups is 1. The van der Waals surface area contributed by atoms with Gasteiger partial charge in [0, 0.05) is 25.6 Å². The Morgan fingerprint density at radius 1 is 1.31 bits per heavy atom. The predicted octanol–water partition coefficient (Wildman–Crippen LogP) is 2.78. The lowest BCUT2D eigenvalue weighted by molar-refractivity contribution is -0.137. The van der Waals surface area contributed by atoms with Crippen LogP contribution in [0, 0.1) is 0 Å². The van der Waals surface area contributed by atoms with Gasteiger partial charge in [0.1, 0.15) is 0 Å². The molecule has 7 nitrogen and oxygen atoms in total. The number of nitrogens with zero attached hydrogens (tertiary/aromatic N) is 1. The van der Waals surface area contributed by atoms with E-state index in [9.17, 15) is 14.7 Å². The van der Waals surface area contributed by atoms with Crippen molar-refractivity contribution in [1.29, 1.82) is 0 Å². The van der Waals surface area contributed by atoms with Crippen molar-refractivity contribution in [1.82, 2.24) is 10.2 Å². The molecule has 0 radical (unpaired) electrons. The van der Waals surface area contributed by atoms with Crippen molar-refractivity contribution in [2.24, 2.45) is 0 Å². The molecule has 1 aliphatic heterocycles. The molecule has 3 N–H and O–H groups in total. The van der Waals surface area contributed by atoms with Gasteiger partial charge >= 0.3 is 12.0 Å². The number of hydrogen-bond acceptors (Lipinski definition) is 4. The summed E-state index contributed by atoms with van der Waals surface area (Å²) in [6.45, 7) is 1.25. The molecular weight excluding hydrogens is 336 g/mol. The number of aliphatic hydroxyl groups is 1. The lowest BCUT2D eigenvalue weighted by Crippen LogP contribution is -2.31. The molecule has 1 aromatic heterocycles. The maximum atomic E-state index is 12.0. The van der Waals surface area contributed by atoms with E-state index in [1.807, 2.05) is 6.07 Å². The number of unbranched alkanes of at least 4 members (excludes halogenated alkanes) is 3. The molecule has 2 amide bonds.